The Morgan fingerprint density at radius 3 is 3.00 bits per heavy atom. The van der Waals surface area contributed by atoms with Gasteiger partial charge in [-0.3, -0.25) is 0 Å². The zero-order chi connectivity index (χ0) is 12.5. The van der Waals surface area contributed by atoms with Gasteiger partial charge in [0.2, 0.25) is 5.89 Å². The van der Waals surface area contributed by atoms with Crippen LogP contribution in [0.25, 0.3) is 0 Å². The summed E-state index contributed by atoms with van der Waals surface area (Å²) in [4.78, 5) is 4.09. The van der Waals surface area contributed by atoms with Crippen LogP contribution in [0.4, 0.5) is 17.4 Å². The fourth-order valence-corrected chi connectivity index (χ4v) is 1.66. The van der Waals surface area contributed by atoms with E-state index in [0.717, 1.165) is 16.9 Å². The SMILES string of the molecule is Cc1nnc(Nc2ccc3c(c2)COC(N)=N3)o1. The summed E-state index contributed by atoms with van der Waals surface area (Å²) in [5.41, 5.74) is 8.08. The third-order valence-electron chi connectivity index (χ3n) is 2.46. The molecule has 3 N–H and O–H groups in total. The highest BCUT2D eigenvalue weighted by molar-refractivity contribution is 5.78. The number of aryl methyl sites for hydroxylation is 1. The fraction of sp³-hybridized carbons (Fsp3) is 0.182. The Bertz CT molecular complexity index is 620. The minimum absolute atomic E-state index is 0.190. The maximum atomic E-state index is 5.49. The first kappa shape index (κ1) is 10.6. The maximum Gasteiger partial charge on any atom is 0.320 e. The summed E-state index contributed by atoms with van der Waals surface area (Å²) >= 11 is 0. The van der Waals surface area contributed by atoms with Crippen LogP contribution in [-0.2, 0) is 11.3 Å². The van der Waals surface area contributed by atoms with Crippen LogP contribution in [0.2, 0.25) is 0 Å². The third-order valence-corrected chi connectivity index (χ3v) is 2.46. The van der Waals surface area contributed by atoms with E-state index in [0.29, 0.717) is 18.5 Å². The molecule has 0 saturated heterocycles. The lowest BCUT2D eigenvalue weighted by molar-refractivity contribution is 0.282. The summed E-state index contributed by atoms with van der Waals surface area (Å²) in [7, 11) is 0. The number of amidine groups is 1. The number of aromatic nitrogens is 2. The van der Waals surface area contributed by atoms with E-state index in [2.05, 4.69) is 20.5 Å². The summed E-state index contributed by atoms with van der Waals surface area (Å²) in [5.74, 6) is 0.510. The summed E-state index contributed by atoms with van der Waals surface area (Å²) in [6, 6.07) is 6.17. The van der Waals surface area contributed by atoms with Gasteiger partial charge in [0.25, 0.3) is 6.02 Å². The molecule has 92 valence electrons. The van der Waals surface area contributed by atoms with Crippen molar-refractivity contribution in [1.29, 1.82) is 0 Å². The molecule has 2 aromatic rings. The van der Waals surface area contributed by atoms with E-state index in [-0.39, 0.29) is 6.02 Å². The average molecular weight is 245 g/mol. The first-order valence-electron chi connectivity index (χ1n) is 5.38. The highest BCUT2D eigenvalue weighted by Crippen LogP contribution is 2.28. The van der Waals surface area contributed by atoms with Gasteiger partial charge in [0.05, 0.1) is 5.69 Å². The number of aliphatic imine (C=N–C) groups is 1. The van der Waals surface area contributed by atoms with Gasteiger partial charge in [0.1, 0.15) is 6.61 Å². The normalized spacial score (nSPS) is 13.5. The lowest BCUT2D eigenvalue weighted by Crippen LogP contribution is -2.18. The van der Waals surface area contributed by atoms with Crippen molar-refractivity contribution in [2.45, 2.75) is 13.5 Å². The van der Waals surface area contributed by atoms with Gasteiger partial charge in [-0.1, -0.05) is 5.10 Å². The number of nitrogens with zero attached hydrogens (tertiary/aromatic N) is 3. The molecular weight excluding hydrogens is 234 g/mol. The standard InChI is InChI=1S/C11H11N5O2/c1-6-15-16-11(18-6)13-8-2-3-9-7(4-8)5-17-10(12)14-9/h2-4H,5H2,1H3,(H2,12,14)(H,13,16). The number of fused-ring (bicyclic) bond motifs is 1. The highest BCUT2D eigenvalue weighted by Gasteiger charge is 2.12. The second kappa shape index (κ2) is 4.02. The summed E-state index contributed by atoms with van der Waals surface area (Å²) < 4.78 is 10.4. The van der Waals surface area contributed by atoms with E-state index in [9.17, 15) is 0 Å². The molecule has 7 nitrogen and oxygen atoms in total. The molecule has 0 fully saturated rings. The highest BCUT2D eigenvalue weighted by atomic mass is 16.5. The van der Waals surface area contributed by atoms with Crippen LogP contribution in [0, 0.1) is 6.92 Å². The summed E-state index contributed by atoms with van der Waals surface area (Å²) in [6.45, 7) is 2.14. The van der Waals surface area contributed by atoms with Crippen molar-refractivity contribution in [3.63, 3.8) is 0 Å². The molecule has 0 amide bonds. The largest absolute Gasteiger partial charge is 0.460 e. The fourth-order valence-electron chi connectivity index (χ4n) is 1.66. The first-order valence-corrected chi connectivity index (χ1v) is 5.38. The van der Waals surface area contributed by atoms with Crippen molar-refractivity contribution < 1.29 is 9.15 Å². The van der Waals surface area contributed by atoms with E-state index < -0.39 is 0 Å². The van der Waals surface area contributed by atoms with Crippen LogP contribution in [0.1, 0.15) is 11.5 Å². The Labute approximate surface area is 103 Å². The van der Waals surface area contributed by atoms with Crippen molar-refractivity contribution >= 4 is 23.4 Å². The monoisotopic (exact) mass is 245 g/mol. The number of anilines is 2. The Morgan fingerprint density at radius 1 is 1.33 bits per heavy atom. The molecule has 1 aliphatic rings. The summed E-state index contributed by atoms with van der Waals surface area (Å²) in [5, 5.41) is 10.6. The molecular formula is C11H11N5O2. The molecule has 0 bridgehead atoms. The van der Waals surface area contributed by atoms with Gasteiger partial charge in [-0.15, -0.1) is 5.10 Å². The Morgan fingerprint density at radius 2 is 2.22 bits per heavy atom. The van der Waals surface area contributed by atoms with Gasteiger partial charge < -0.3 is 20.2 Å². The number of hydrogen-bond donors (Lipinski definition) is 2. The smallest absolute Gasteiger partial charge is 0.320 e. The first-order chi connectivity index (χ1) is 8.70. The number of nitrogens with two attached hydrogens (primary N) is 1. The van der Waals surface area contributed by atoms with E-state index >= 15 is 0 Å². The molecule has 1 aromatic heterocycles. The second-order valence-electron chi connectivity index (χ2n) is 3.83. The third kappa shape index (κ3) is 1.97. The van der Waals surface area contributed by atoms with Crippen LogP contribution >= 0.6 is 0 Å². The molecule has 2 heterocycles. The number of nitrogens with one attached hydrogen (secondary N) is 1. The molecule has 1 aliphatic heterocycles. The predicted octanol–water partition coefficient (Wildman–Crippen LogP) is 1.60. The number of ether oxygens (including phenoxy) is 1. The van der Waals surface area contributed by atoms with Crippen LogP contribution in [0.15, 0.2) is 27.6 Å². The molecule has 0 atom stereocenters. The Hall–Kier alpha value is -2.57. The molecule has 0 radical (unpaired) electrons. The van der Waals surface area contributed by atoms with Crippen molar-refractivity contribution in [1.82, 2.24) is 10.2 Å². The topological polar surface area (TPSA) is 98.6 Å². The van der Waals surface area contributed by atoms with Gasteiger partial charge in [0, 0.05) is 18.2 Å². The number of hydrogen-bond acceptors (Lipinski definition) is 7. The zero-order valence-corrected chi connectivity index (χ0v) is 9.67. The lowest BCUT2D eigenvalue weighted by Gasteiger charge is -2.14. The van der Waals surface area contributed by atoms with E-state index in [1.54, 1.807) is 6.92 Å². The Balaban J connectivity index is 1.87. The molecule has 1 aromatic carbocycles. The molecule has 0 saturated carbocycles. The van der Waals surface area contributed by atoms with E-state index in [1.165, 1.54) is 0 Å². The molecule has 7 heteroatoms. The number of benzene rings is 1. The van der Waals surface area contributed by atoms with Gasteiger partial charge in [-0.25, -0.2) is 0 Å². The van der Waals surface area contributed by atoms with Crippen LogP contribution in [-0.4, -0.2) is 16.2 Å². The predicted molar refractivity (Wildman–Crippen MR) is 64.8 cm³/mol. The molecule has 3 rings (SSSR count). The van der Waals surface area contributed by atoms with Gasteiger partial charge >= 0.3 is 6.01 Å². The molecule has 0 aliphatic carbocycles. The average Bonchev–Trinajstić information content (AvgIpc) is 2.75. The van der Waals surface area contributed by atoms with Crippen LogP contribution in [0.5, 0.6) is 0 Å². The maximum absolute atomic E-state index is 5.49. The van der Waals surface area contributed by atoms with Crippen LogP contribution in [0.3, 0.4) is 0 Å². The van der Waals surface area contributed by atoms with Crippen molar-refractivity contribution in [2.24, 2.45) is 10.7 Å². The minimum atomic E-state index is 0.190. The van der Waals surface area contributed by atoms with Gasteiger partial charge in [-0.2, -0.15) is 4.99 Å². The van der Waals surface area contributed by atoms with Gasteiger partial charge in [0.15, 0.2) is 0 Å². The summed E-state index contributed by atoms with van der Waals surface area (Å²) in [6.07, 6.45) is 0. The quantitative estimate of drug-likeness (QED) is 0.833. The zero-order valence-electron chi connectivity index (χ0n) is 9.67. The molecule has 18 heavy (non-hydrogen) atoms. The molecule has 0 spiro atoms. The van der Waals surface area contributed by atoms with Crippen molar-refractivity contribution in [3.05, 3.63) is 29.7 Å². The minimum Gasteiger partial charge on any atom is -0.460 e. The van der Waals surface area contributed by atoms with E-state index in [4.69, 9.17) is 14.9 Å². The van der Waals surface area contributed by atoms with E-state index in [1.807, 2.05) is 18.2 Å². The Kier molecular flexibility index (Phi) is 2.36. The van der Waals surface area contributed by atoms with Crippen molar-refractivity contribution in [3.8, 4) is 0 Å². The van der Waals surface area contributed by atoms with Crippen LogP contribution < -0.4 is 11.1 Å². The van der Waals surface area contributed by atoms with Gasteiger partial charge in [-0.05, 0) is 18.2 Å². The van der Waals surface area contributed by atoms with Crippen molar-refractivity contribution in [2.75, 3.05) is 5.32 Å². The molecule has 0 unspecified atom stereocenters. The second-order valence-corrected chi connectivity index (χ2v) is 3.83. The lowest BCUT2D eigenvalue weighted by atomic mass is 10.1. The number of rotatable bonds is 2.